The first kappa shape index (κ1) is 10.3. The largest absolute Gasteiger partial charge is 0.321 e. The molecule has 0 fully saturated rings. The van der Waals surface area contributed by atoms with Gasteiger partial charge in [-0.25, -0.2) is 0 Å². The molecule has 0 spiro atoms. The summed E-state index contributed by atoms with van der Waals surface area (Å²) in [6.07, 6.45) is 1.96. The standard InChI is InChI=1S/C14H11NOS/c1-9-6-7-10(17-9)8-12-11-4-2-3-5-13(11)15-14(12)16/h2-8H,1H3,(H,15,16). The van der Waals surface area contributed by atoms with Gasteiger partial charge in [0.05, 0.1) is 5.57 Å². The van der Waals surface area contributed by atoms with Crippen LogP contribution in [0.25, 0.3) is 11.6 Å². The zero-order valence-electron chi connectivity index (χ0n) is 9.36. The SMILES string of the molecule is Cc1ccc(C=C2C(=O)Nc3ccccc32)s1. The minimum absolute atomic E-state index is 0.0164. The summed E-state index contributed by atoms with van der Waals surface area (Å²) >= 11 is 1.69. The molecule has 0 bridgehead atoms. The number of carbonyl (C=O) groups is 1. The summed E-state index contributed by atoms with van der Waals surface area (Å²) < 4.78 is 0. The maximum atomic E-state index is 11.9. The second-order valence-corrected chi connectivity index (χ2v) is 5.33. The Morgan fingerprint density at radius 1 is 1.18 bits per heavy atom. The fourth-order valence-electron chi connectivity index (χ4n) is 1.96. The third-order valence-electron chi connectivity index (χ3n) is 2.76. The van der Waals surface area contributed by atoms with Gasteiger partial charge in [0.15, 0.2) is 0 Å². The Morgan fingerprint density at radius 2 is 2.00 bits per heavy atom. The molecule has 0 atom stereocenters. The summed E-state index contributed by atoms with van der Waals surface area (Å²) in [4.78, 5) is 14.2. The molecule has 1 N–H and O–H groups in total. The number of hydrogen-bond acceptors (Lipinski definition) is 2. The van der Waals surface area contributed by atoms with Crippen molar-refractivity contribution >= 4 is 34.6 Å². The number of thiophene rings is 1. The van der Waals surface area contributed by atoms with Crippen LogP contribution < -0.4 is 5.32 Å². The van der Waals surface area contributed by atoms with Crippen molar-refractivity contribution in [2.75, 3.05) is 5.32 Å². The average Bonchev–Trinajstić information content (AvgIpc) is 2.85. The van der Waals surface area contributed by atoms with Gasteiger partial charge in [-0.1, -0.05) is 18.2 Å². The summed E-state index contributed by atoms with van der Waals surface area (Å²) in [6.45, 7) is 2.06. The van der Waals surface area contributed by atoms with Gasteiger partial charge in [0, 0.05) is 21.0 Å². The summed E-state index contributed by atoms with van der Waals surface area (Å²) in [5, 5.41) is 2.87. The van der Waals surface area contributed by atoms with Gasteiger partial charge in [-0.15, -0.1) is 11.3 Å². The van der Waals surface area contributed by atoms with Crippen LogP contribution in [-0.4, -0.2) is 5.91 Å². The monoisotopic (exact) mass is 241 g/mol. The number of para-hydroxylation sites is 1. The number of amides is 1. The van der Waals surface area contributed by atoms with Gasteiger partial charge in [0.2, 0.25) is 0 Å². The van der Waals surface area contributed by atoms with Crippen molar-refractivity contribution in [2.45, 2.75) is 6.92 Å². The molecule has 0 radical (unpaired) electrons. The van der Waals surface area contributed by atoms with Gasteiger partial charge in [-0.05, 0) is 31.2 Å². The van der Waals surface area contributed by atoms with E-state index in [4.69, 9.17) is 0 Å². The van der Waals surface area contributed by atoms with E-state index in [-0.39, 0.29) is 5.91 Å². The molecule has 1 aliphatic heterocycles. The number of aryl methyl sites for hydroxylation is 1. The molecule has 0 unspecified atom stereocenters. The molecule has 1 amide bonds. The quantitative estimate of drug-likeness (QED) is 0.760. The van der Waals surface area contributed by atoms with Crippen molar-refractivity contribution in [3.05, 3.63) is 51.7 Å². The molecule has 84 valence electrons. The van der Waals surface area contributed by atoms with Crippen molar-refractivity contribution in [1.29, 1.82) is 0 Å². The maximum Gasteiger partial charge on any atom is 0.256 e. The predicted octanol–water partition coefficient (Wildman–Crippen LogP) is 3.55. The number of nitrogens with one attached hydrogen (secondary N) is 1. The van der Waals surface area contributed by atoms with Gasteiger partial charge in [-0.2, -0.15) is 0 Å². The van der Waals surface area contributed by atoms with Crippen LogP contribution in [0.2, 0.25) is 0 Å². The van der Waals surface area contributed by atoms with E-state index < -0.39 is 0 Å². The lowest BCUT2D eigenvalue weighted by Crippen LogP contribution is -2.03. The lowest BCUT2D eigenvalue weighted by Gasteiger charge is -1.95. The van der Waals surface area contributed by atoms with E-state index in [1.165, 1.54) is 4.88 Å². The fraction of sp³-hybridized carbons (Fsp3) is 0.0714. The number of hydrogen-bond donors (Lipinski definition) is 1. The molecule has 1 aromatic carbocycles. The minimum atomic E-state index is -0.0164. The highest BCUT2D eigenvalue weighted by Gasteiger charge is 2.23. The van der Waals surface area contributed by atoms with Crippen molar-refractivity contribution in [2.24, 2.45) is 0 Å². The normalized spacial score (nSPS) is 16.1. The molecule has 2 aromatic rings. The van der Waals surface area contributed by atoms with Crippen molar-refractivity contribution in [3.8, 4) is 0 Å². The molecule has 0 saturated heterocycles. The summed E-state index contributed by atoms with van der Waals surface area (Å²) in [7, 11) is 0. The Balaban J connectivity index is 2.09. The van der Waals surface area contributed by atoms with Gasteiger partial charge >= 0.3 is 0 Å². The third kappa shape index (κ3) is 1.78. The van der Waals surface area contributed by atoms with Gasteiger partial charge in [0.1, 0.15) is 0 Å². The Morgan fingerprint density at radius 3 is 2.76 bits per heavy atom. The first-order valence-electron chi connectivity index (χ1n) is 5.43. The van der Waals surface area contributed by atoms with E-state index in [2.05, 4.69) is 18.3 Å². The van der Waals surface area contributed by atoms with E-state index in [1.807, 2.05) is 36.4 Å². The van der Waals surface area contributed by atoms with E-state index in [0.29, 0.717) is 0 Å². The first-order chi connectivity index (χ1) is 8.24. The number of anilines is 1. The van der Waals surface area contributed by atoms with Gasteiger partial charge in [-0.3, -0.25) is 4.79 Å². The summed E-state index contributed by atoms with van der Waals surface area (Å²) in [5.74, 6) is -0.0164. The van der Waals surface area contributed by atoms with Crippen molar-refractivity contribution in [1.82, 2.24) is 0 Å². The highest BCUT2D eigenvalue weighted by molar-refractivity contribution is 7.12. The van der Waals surface area contributed by atoms with Crippen LogP contribution in [0.3, 0.4) is 0 Å². The molecule has 1 aliphatic rings. The molecule has 2 heterocycles. The van der Waals surface area contributed by atoms with Crippen LogP contribution in [0, 0.1) is 6.92 Å². The molecule has 1 aromatic heterocycles. The number of rotatable bonds is 1. The minimum Gasteiger partial charge on any atom is -0.321 e. The smallest absolute Gasteiger partial charge is 0.256 e. The molecule has 17 heavy (non-hydrogen) atoms. The zero-order chi connectivity index (χ0) is 11.8. The highest BCUT2D eigenvalue weighted by atomic mass is 32.1. The number of fused-ring (bicyclic) bond motifs is 1. The number of benzene rings is 1. The molecule has 0 saturated carbocycles. The number of carbonyl (C=O) groups excluding carboxylic acids is 1. The molecular formula is C14H11NOS. The van der Waals surface area contributed by atoms with Crippen molar-refractivity contribution < 1.29 is 4.79 Å². The van der Waals surface area contributed by atoms with Crippen molar-refractivity contribution in [3.63, 3.8) is 0 Å². The topological polar surface area (TPSA) is 29.1 Å². The molecular weight excluding hydrogens is 230 g/mol. The molecule has 3 rings (SSSR count). The zero-order valence-corrected chi connectivity index (χ0v) is 10.2. The van der Waals surface area contributed by atoms with E-state index >= 15 is 0 Å². The van der Waals surface area contributed by atoms with E-state index in [9.17, 15) is 4.79 Å². The lowest BCUT2D eigenvalue weighted by atomic mass is 10.1. The predicted molar refractivity (Wildman–Crippen MR) is 72.0 cm³/mol. The Kier molecular flexibility index (Phi) is 2.34. The summed E-state index contributed by atoms with van der Waals surface area (Å²) in [5.41, 5.74) is 2.64. The average molecular weight is 241 g/mol. The second-order valence-electron chi connectivity index (χ2n) is 4.01. The van der Waals surface area contributed by atoms with Crippen LogP contribution >= 0.6 is 11.3 Å². The van der Waals surface area contributed by atoms with Crippen LogP contribution in [0.4, 0.5) is 5.69 Å². The second kappa shape index (κ2) is 3.86. The Labute approximate surface area is 104 Å². The third-order valence-corrected chi connectivity index (χ3v) is 3.71. The fourth-order valence-corrected chi connectivity index (χ4v) is 2.78. The van der Waals surface area contributed by atoms with Crippen LogP contribution in [-0.2, 0) is 4.79 Å². The van der Waals surface area contributed by atoms with Gasteiger partial charge < -0.3 is 5.32 Å². The van der Waals surface area contributed by atoms with Crippen LogP contribution in [0.15, 0.2) is 36.4 Å². The lowest BCUT2D eigenvalue weighted by molar-refractivity contribution is -0.110. The summed E-state index contributed by atoms with van der Waals surface area (Å²) in [6, 6.07) is 11.9. The maximum absolute atomic E-state index is 11.9. The van der Waals surface area contributed by atoms with Crippen LogP contribution in [0.5, 0.6) is 0 Å². The highest BCUT2D eigenvalue weighted by Crippen LogP contribution is 2.33. The van der Waals surface area contributed by atoms with E-state index in [0.717, 1.165) is 21.7 Å². The van der Waals surface area contributed by atoms with E-state index in [1.54, 1.807) is 11.3 Å². The Hall–Kier alpha value is -1.87. The Bertz CT molecular complexity index is 625. The molecule has 0 aliphatic carbocycles. The molecule has 3 heteroatoms. The first-order valence-corrected chi connectivity index (χ1v) is 6.24. The van der Waals surface area contributed by atoms with Gasteiger partial charge in [0.25, 0.3) is 5.91 Å². The molecule has 2 nitrogen and oxygen atoms in total. The van der Waals surface area contributed by atoms with Crippen LogP contribution in [0.1, 0.15) is 15.3 Å².